The maximum atomic E-state index is 5.45. The van der Waals surface area contributed by atoms with E-state index < -0.39 is 0 Å². The van der Waals surface area contributed by atoms with Gasteiger partial charge in [-0.1, -0.05) is 0 Å². The topological polar surface area (TPSA) is 15.7 Å². The van der Waals surface area contributed by atoms with Crippen LogP contribution in [0, 0.1) is 11.8 Å². The second kappa shape index (κ2) is 4.46. The first-order valence-electron chi connectivity index (χ1n) is 7.57. The smallest absolute Gasteiger partial charge is 0.0594 e. The molecule has 0 radical (unpaired) electrons. The maximum absolute atomic E-state index is 5.45. The highest BCUT2D eigenvalue weighted by Gasteiger charge is 2.59. The number of hydrogen-bond donors (Lipinski definition) is 0. The fraction of sp³-hybridized carbons (Fsp3) is 1.00. The average molecular weight is 252 g/mol. The zero-order valence-electron chi connectivity index (χ0n) is 12.4. The molecule has 3 heteroatoms. The number of ether oxygens (including phenoxy) is 1. The first-order chi connectivity index (χ1) is 8.48. The third-order valence-electron chi connectivity index (χ3n) is 5.12. The van der Waals surface area contributed by atoms with Gasteiger partial charge in [0.25, 0.3) is 0 Å². The predicted octanol–water partition coefficient (Wildman–Crippen LogP) is 1.83. The molecule has 104 valence electrons. The Bertz CT molecular complexity index is 306. The molecular weight excluding hydrogens is 224 g/mol. The molecule has 4 atom stereocenters. The van der Waals surface area contributed by atoms with E-state index in [9.17, 15) is 0 Å². The molecule has 2 saturated heterocycles. The van der Waals surface area contributed by atoms with Crippen molar-refractivity contribution in [3.8, 4) is 0 Å². The molecule has 3 aliphatic rings. The van der Waals surface area contributed by atoms with Crippen molar-refractivity contribution in [2.45, 2.75) is 51.7 Å². The molecule has 0 aromatic carbocycles. The molecule has 3 nitrogen and oxygen atoms in total. The normalized spacial score (nSPS) is 42.0. The Kier molecular flexibility index (Phi) is 3.20. The van der Waals surface area contributed by atoms with Crippen LogP contribution in [0.1, 0.15) is 34.1 Å². The molecule has 18 heavy (non-hydrogen) atoms. The molecule has 0 spiro atoms. The summed E-state index contributed by atoms with van der Waals surface area (Å²) in [5, 5.41) is 0. The van der Waals surface area contributed by atoms with Crippen LogP contribution in [0.4, 0.5) is 0 Å². The van der Waals surface area contributed by atoms with E-state index in [-0.39, 0.29) is 0 Å². The zero-order valence-corrected chi connectivity index (χ0v) is 12.4. The summed E-state index contributed by atoms with van der Waals surface area (Å²) in [6.45, 7) is 15.0. The van der Waals surface area contributed by atoms with Crippen molar-refractivity contribution >= 4 is 0 Å². The van der Waals surface area contributed by atoms with Crippen LogP contribution in [0.25, 0.3) is 0 Å². The maximum Gasteiger partial charge on any atom is 0.0594 e. The van der Waals surface area contributed by atoms with Crippen LogP contribution in [0.15, 0.2) is 0 Å². The van der Waals surface area contributed by atoms with Gasteiger partial charge in [0.1, 0.15) is 0 Å². The van der Waals surface area contributed by atoms with E-state index in [1.165, 1.54) is 13.0 Å². The number of piperidine rings is 1. The third kappa shape index (κ3) is 2.21. The molecule has 0 bridgehead atoms. The van der Waals surface area contributed by atoms with Gasteiger partial charge in [-0.15, -0.1) is 0 Å². The lowest BCUT2D eigenvalue weighted by atomic mass is 9.94. The summed E-state index contributed by atoms with van der Waals surface area (Å²) in [5.41, 5.74) is 0.332. The minimum Gasteiger partial charge on any atom is -0.379 e. The molecule has 0 amide bonds. The summed E-state index contributed by atoms with van der Waals surface area (Å²) in [6.07, 6.45) is 1.44. The number of hydrogen-bond acceptors (Lipinski definition) is 3. The van der Waals surface area contributed by atoms with Gasteiger partial charge in [0.15, 0.2) is 0 Å². The van der Waals surface area contributed by atoms with Crippen molar-refractivity contribution in [3.63, 3.8) is 0 Å². The second-order valence-electron chi connectivity index (χ2n) is 7.36. The van der Waals surface area contributed by atoms with Crippen LogP contribution in [0.5, 0.6) is 0 Å². The van der Waals surface area contributed by atoms with E-state index in [0.29, 0.717) is 5.54 Å². The highest BCUT2D eigenvalue weighted by atomic mass is 16.5. The number of morpholine rings is 1. The average Bonchev–Trinajstić information content (AvgIpc) is 3.00. The van der Waals surface area contributed by atoms with E-state index in [1.54, 1.807) is 0 Å². The Labute approximate surface area is 111 Å². The monoisotopic (exact) mass is 252 g/mol. The van der Waals surface area contributed by atoms with E-state index in [1.807, 2.05) is 0 Å². The van der Waals surface area contributed by atoms with Crippen LogP contribution in [0.3, 0.4) is 0 Å². The third-order valence-corrected chi connectivity index (χ3v) is 5.12. The zero-order chi connectivity index (χ0) is 12.9. The predicted molar refractivity (Wildman–Crippen MR) is 73.7 cm³/mol. The number of fused-ring (bicyclic) bond motifs is 1. The molecular formula is C15H28N2O. The van der Waals surface area contributed by atoms with Gasteiger partial charge in [-0.2, -0.15) is 0 Å². The lowest BCUT2D eigenvalue weighted by Crippen LogP contribution is -2.49. The van der Waals surface area contributed by atoms with Crippen molar-refractivity contribution in [2.24, 2.45) is 11.8 Å². The largest absolute Gasteiger partial charge is 0.379 e. The Morgan fingerprint density at radius 3 is 2.39 bits per heavy atom. The Hall–Kier alpha value is -0.120. The minimum atomic E-state index is 0.332. The van der Waals surface area contributed by atoms with Gasteiger partial charge in [-0.3, -0.25) is 9.80 Å². The van der Waals surface area contributed by atoms with Crippen LogP contribution >= 0.6 is 0 Å². The molecule has 0 N–H and O–H groups in total. The fourth-order valence-electron chi connectivity index (χ4n) is 4.32. The molecule has 1 saturated carbocycles. The van der Waals surface area contributed by atoms with Crippen LogP contribution in [-0.2, 0) is 4.74 Å². The summed E-state index contributed by atoms with van der Waals surface area (Å²) in [4.78, 5) is 5.40. The molecule has 1 aliphatic carbocycles. The van der Waals surface area contributed by atoms with E-state index >= 15 is 0 Å². The summed E-state index contributed by atoms with van der Waals surface area (Å²) in [7, 11) is 0. The highest BCUT2D eigenvalue weighted by molar-refractivity contribution is 5.12. The van der Waals surface area contributed by atoms with Gasteiger partial charge in [0, 0.05) is 37.3 Å². The van der Waals surface area contributed by atoms with Crippen LogP contribution in [-0.4, -0.2) is 60.3 Å². The molecule has 2 heterocycles. The van der Waals surface area contributed by atoms with Crippen molar-refractivity contribution in [1.29, 1.82) is 0 Å². The van der Waals surface area contributed by atoms with E-state index in [0.717, 1.165) is 50.2 Å². The standard InChI is InChI=1S/C15H28N2O/c1-11-13(10-16-5-7-18-8-6-16)12-9-14(12)17(11)15(2,3)4/h11-14H,5-10H2,1-4H3/t11-,12-,13?,14-/m1/s1. The highest BCUT2D eigenvalue weighted by Crippen LogP contribution is 2.54. The summed E-state index contributed by atoms with van der Waals surface area (Å²) < 4.78 is 5.45. The summed E-state index contributed by atoms with van der Waals surface area (Å²) >= 11 is 0. The Balaban J connectivity index is 1.64. The Morgan fingerprint density at radius 1 is 1.17 bits per heavy atom. The molecule has 2 aliphatic heterocycles. The minimum absolute atomic E-state index is 0.332. The van der Waals surface area contributed by atoms with Crippen molar-refractivity contribution in [2.75, 3.05) is 32.8 Å². The quantitative estimate of drug-likeness (QED) is 0.745. The first-order valence-corrected chi connectivity index (χ1v) is 7.57. The SMILES string of the molecule is C[C@@H]1C(CN2CCOCC2)[C@H]2C[C@H]2N1C(C)(C)C. The van der Waals surface area contributed by atoms with Gasteiger partial charge in [-0.25, -0.2) is 0 Å². The van der Waals surface area contributed by atoms with E-state index in [4.69, 9.17) is 4.74 Å². The van der Waals surface area contributed by atoms with Gasteiger partial charge < -0.3 is 4.74 Å². The first kappa shape index (κ1) is 12.9. The molecule has 3 fully saturated rings. The fourth-order valence-corrected chi connectivity index (χ4v) is 4.32. The summed E-state index contributed by atoms with van der Waals surface area (Å²) in [5.74, 6) is 1.86. The van der Waals surface area contributed by atoms with Crippen LogP contribution < -0.4 is 0 Å². The lowest BCUT2D eigenvalue weighted by molar-refractivity contribution is 0.0196. The molecule has 1 unspecified atom stereocenters. The number of nitrogens with zero attached hydrogens (tertiary/aromatic N) is 2. The van der Waals surface area contributed by atoms with Gasteiger partial charge in [0.05, 0.1) is 13.2 Å². The van der Waals surface area contributed by atoms with Crippen molar-refractivity contribution < 1.29 is 4.74 Å². The van der Waals surface area contributed by atoms with Gasteiger partial charge in [-0.05, 0) is 46.0 Å². The van der Waals surface area contributed by atoms with Crippen LogP contribution in [0.2, 0.25) is 0 Å². The Morgan fingerprint density at radius 2 is 1.83 bits per heavy atom. The summed E-state index contributed by atoms with van der Waals surface area (Å²) in [6, 6.07) is 1.63. The van der Waals surface area contributed by atoms with Crippen molar-refractivity contribution in [3.05, 3.63) is 0 Å². The lowest BCUT2D eigenvalue weighted by Gasteiger charge is -2.40. The second-order valence-corrected chi connectivity index (χ2v) is 7.36. The molecule has 0 aromatic heterocycles. The van der Waals surface area contributed by atoms with Gasteiger partial charge in [0.2, 0.25) is 0 Å². The number of rotatable bonds is 2. The molecule has 0 aromatic rings. The number of likely N-dealkylation sites (tertiary alicyclic amines) is 1. The molecule has 3 rings (SSSR count). The van der Waals surface area contributed by atoms with Crippen molar-refractivity contribution in [1.82, 2.24) is 9.80 Å². The van der Waals surface area contributed by atoms with E-state index in [2.05, 4.69) is 37.5 Å². The van der Waals surface area contributed by atoms with Gasteiger partial charge >= 0.3 is 0 Å².